The van der Waals surface area contributed by atoms with E-state index in [0.717, 1.165) is 12.1 Å². The fourth-order valence-electron chi connectivity index (χ4n) is 2.86. The van der Waals surface area contributed by atoms with Gasteiger partial charge < -0.3 is 4.74 Å². The summed E-state index contributed by atoms with van der Waals surface area (Å²) in [5.41, 5.74) is -1.37. The normalized spacial score (nSPS) is 11.9. The molecule has 0 amide bonds. The van der Waals surface area contributed by atoms with Gasteiger partial charge in [-0.2, -0.15) is 8.78 Å². The van der Waals surface area contributed by atoms with Gasteiger partial charge in [0, 0.05) is 6.07 Å². The molecule has 0 aliphatic heterocycles. The first-order valence-corrected chi connectivity index (χ1v) is 8.27. The van der Waals surface area contributed by atoms with E-state index in [4.69, 9.17) is 0 Å². The minimum atomic E-state index is -4.35. The van der Waals surface area contributed by atoms with Gasteiger partial charge in [-0.05, 0) is 41.6 Å². The van der Waals surface area contributed by atoms with Crippen LogP contribution in [0.2, 0.25) is 0 Å². The molecule has 0 radical (unpaired) electrons. The molecular formula is C20H13F7O. The molecule has 0 aliphatic rings. The molecule has 3 aromatic rings. The van der Waals surface area contributed by atoms with Crippen molar-refractivity contribution in [3.63, 3.8) is 0 Å². The highest BCUT2D eigenvalue weighted by Crippen LogP contribution is 2.37. The molecular weight excluding hydrogens is 389 g/mol. The van der Waals surface area contributed by atoms with Crippen LogP contribution in [0.4, 0.5) is 30.7 Å². The molecule has 0 atom stereocenters. The molecule has 28 heavy (non-hydrogen) atoms. The fraction of sp³-hybridized carbons (Fsp3) is 0.200. The largest absolute Gasteiger partial charge is 0.429 e. The lowest BCUT2D eigenvalue weighted by atomic mass is 9.99. The van der Waals surface area contributed by atoms with Crippen LogP contribution in [0.5, 0.6) is 5.75 Å². The number of alkyl halides is 2. The topological polar surface area (TPSA) is 9.23 Å². The van der Waals surface area contributed by atoms with E-state index in [0.29, 0.717) is 24.6 Å². The number of aryl methyl sites for hydroxylation is 1. The number of halogens is 7. The van der Waals surface area contributed by atoms with E-state index in [2.05, 4.69) is 4.74 Å². The minimum absolute atomic E-state index is 0.00412. The van der Waals surface area contributed by atoms with E-state index >= 15 is 0 Å². The van der Waals surface area contributed by atoms with Crippen molar-refractivity contribution in [2.24, 2.45) is 0 Å². The molecule has 3 aromatic carbocycles. The van der Waals surface area contributed by atoms with E-state index in [9.17, 15) is 30.7 Å². The second-order valence-corrected chi connectivity index (χ2v) is 6.13. The van der Waals surface area contributed by atoms with Crippen molar-refractivity contribution < 1.29 is 35.5 Å². The summed E-state index contributed by atoms with van der Waals surface area (Å²) in [5, 5.41) is -1.03. The third-order valence-electron chi connectivity index (χ3n) is 4.17. The van der Waals surface area contributed by atoms with Crippen molar-refractivity contribution in [2.45, 2.75) is 25.9 Å². The van der Waals surface area contributed by atoms with Gasteiger partial charge in [-0.25, -0.2) is 22.0 Å². The molecule has 1 nitrogen and oxygen atoms in total. The van der Waals surface area contributed by atoms with E-state index in [1.165, 1.54) is 6.07 Å². The lowest BCUT2D eigenvalue weighted by Crippen LogP contribution is -2.24. The number of rotatable bonds is 5. The summed E-state index contributed by atoms with van der Waals surface area (Å²) in [6.07, 6.45) is -3.66. The standard InChI is InChI=1S/C20H13F7O/c1-2-3-11-8-10-4-6-13(18(24)16(10)19(25)17(11)23)20(26,27)28-12-5-7-14(21)15(22)9-12/h4-9H,2-3H2,1H3. The van der Waals surface area contributed by atoms with E-state index in [1.807, 2.05) is 0 Å². The summed E-state index contributed by atoms with van der Waals surface area (Å²) >= 11 is 0. The fourth-order valence-corrected chi connectivity index (χ4v) is 2.86. The zero-order valence-corrected chi connectivity index (χ0v) is 14.4. The summed E-state index contributed by atoms with van der Waals surface area (Å²) in [7, 11) is 0. The van der Waals surface area contributed by atoms with E-state index in [-0.39, 0.29) is 17.4 Å². The highest BCUT2D eigenvalue weighted by molar-refractivity contribution is 5.85. The number of ether oxygens (including phenoxy) is 1. The maximum Gasteiger partial charge on any atom is 0.429 e. The van der Waals surface area contributed by atoms with Gasteiger partial charge in [-0.15, -0.1) is 0 Å². The molecule has 0 saturated heterocycles. The Hall–Kier alpha value is -2.77. The Bertz CT molecular complexity index is 1050. The summed E-state index contributed by atoms with van der Waals surface area (Å²) < 4.78 is 102. The number of fused-ring (bicyclic) bond motifs is 1. The Kier molecular flexibility index (Phi) is 5.23. The Morgan fingerprint density at radius 1 is 0.821 bits per heavy atom. The SMILES string of the molecule is CCCc1cc2ccc(C(F)(F)Oc3ccc(F)c(F)c3)c(F)c2c(F)c1F. The molecule has 0 aromatic heterocycles. The van der Waals surface area contributed by atoms with Gasteiger partial charge in [0.1, 0.15) is 17.1 Å². The predicted molar refractivity (Wildman–Crippen MR) is 88.7 cm³/mol. The number of hydrogen-bond acceptors (Lipinski definition) is 1. The van der Waals surface area contributed by atoms with E-state index in [1.54, 1.807) is 6.92 Å². The number of hydrogen-bond donors (Lipinski definition) is 0. The molecule has 0 spiro atoms. The molecule has 0 unspecified atom stereocenters. The van der Waals surface area contributed by atoms with Crippen LogP contribution in [0.3, 0.4) is 0 Å². The van der Waals surface area contributed by atoms with Gasteiger partial charge in [0.05, 0.1) is 5.39 Å². The zero-order chi connectivity index (χ0) is 20.6. The van der Waals surface area contributed by atoms with E-state index < -0.39 is 51.9 Å². The molecule has 0 fully saturated rings. The predicted octanol–water partition coefficient (Wildman–Crippen LogP) is 6.62. The van der Waals surface area contributed by atoms with Crippen molar-refractivity contribution in [3.8, 4) is 5.75 Å². The average molecular weight is 402 g/mol. The Morgan fingerprint density at radius 3 is 2.18 bits per heavy atom. The quantitative estimate of drug-likeness (QED) is 0.436. The number of benzene rings is 3. The smallest absolute Gasteiger partial charge is 0.429 e. The highest BCUT2D eigenvalue weighted by Gasteiger charge is 2.39. The van der Waals surface area contributed by atoms with Crippen LogP contribution < -0.4 is 4.74 Å². The molecule has 3 rings (SSSR count). The molecule has 0 heterocycles. The van der Waals surface area contributed by atoms with Gasteiger partial charge in [0.2, 0.25) is 0 Å². The van der Waals surface area contributed by atoms with Gasteiger partial charge in [0.25, 0.3) is 0 Å². The van der Waals surface area contributed by atoms with Gasteiger partial charge in [-0.3, -0.25) is 0 Å². The van der Waals surface area contributed by atoms with Crippen LogP contribution >= 0.6 is 0 Å². The van der Waals surface area contributed by atoms with Crippen LogP contribution in [0.1, 0.15) is 24.5 Å². The van der Waals surface area contributed by atoms with Crippen molar-refractivity contribution in [3.05, 3.63) is 76.6 Å². The summed E-state index contributed by atoms with van der Waals surface area (Å²) in [4.78, 5) is 0. The average Bonchev–Trinajstić information content (AvgIpc) is 2.62. The monoisotopic (exact) mass is 402 g/mol. The van der Waals surface area contributed by atoms with Gasteiger partial charge in [0.15, 0.2) is 23.3 Å². The van der Waals surface area contributed by atoms with Crippen molar-refractivity contribution in [2.75, 3.05) is 0 Å². The molecule has 148 valence electrons. The summed E-state index contributed by atoms with van der Waals surface area (Å²) in [6, 6.07) is 4.52. The Balaban J connectivity index is 2.09. The van der Waals surface area contributed by atoms with Crippen LogP contribution in [0.25, 0.3) is 10.8 Å². The van der Waals surface area contributed by atoms with Crippen LogP contribution in [-0.4, -0.2) is 0 Å². The molecule has 0 bridgehead atoms. The second-order valence-electron chi connectivity index (χ2n) is 6.13. The van der Waals surface area contributed by atoms with Gasteiger partial charge >= 0.3 is 6.11 Å². The molecule has 0 N–H and O–H groups in total. The third-order valence-corrected chi connectivity index (χ3v) is 4.17. The summed E-state index contributed by atoms with van der Waals surface area (Å²) in [6.45, 7) is 1.74. The Morgan fingerprint density at radius 2 is 1.54 bits per heavy atom. The molecule has 0 aliphatic carbocycles. The molecule has 8 heteroatoms. The minimum Gasteiger partial charge on any atom is -0.429 e. The first kappa shape index (κ1) is 20.0. The zero-order valence-electron chi connectivity index (χ0n) is 14.4. The molecule has 0 saturated carbocycles. The van der Waals surface area contributed by atoms with Crippen molar-refractivity contribution in [1.29, 1.82) is 0 Å². The lowest BCUT2D eigenvalue weighted by Gasteiger charge is -2.20. The van der Waals surface area contributed by atoms with Crippen LogP contribution in [-0.2, 0) is 12.5 Å². The van der Waals surface area contributed by atoms with Crippen LogP contribution in [0.15, 0.2) is 36.4 Å². The third kappa shape index (κ3) is 3.50. The maximum atomic E-state index is 14.7. The second kappa shape index (κ2) is 7.33. The Labute approximate surface area is 155 Å². The highest BCUT2D eigenvalue weighted by atomic mass is 19.3. The first-order valence-electron chi connectivity index (χ1n) is 8.27. The van der Waals surface area contributed by atoms with Gasteiger partial charge in [-0.1, -0.05) is 19.4 Å². The first-order chi connectivity index (χ1) is 13.2. The summed E-state index contributed by atoms with van der Waals surface area (Å²) in [5.74, 6) is -8.09. The van der Waals surface area contributed by atoms with Crippen molar-refractivity contribution >= 4 is 10.8 Å². The van der Waals surface area contributed by atoms with Crippen molar-refractivity contribution in [1.82, 2.24) is 0 Å². The van der Waals surface area contributed by atoms with Crippen LogP contribution in [0, 0.1) is 29.1 Å². The lowest BCUT2D eigenvalue weighted by molar-refractivity contribution is -0.187. The maximum absolute atomic E-state index is 14.7.